The summed E-state index contributed by atoms with van der Waals surface area (Å²) in [6, 6.07) is 5.04. The molecule has 0 bridgehead atoms. The number of benzene rings is 1. The van der Waals surface area contributed by atoms with Crippen LogP contribution in [0.15, 0.2) is 24.5 Å². The lowest BCUT2D eigenvalue weighted by molar-refractivity contribution is -0.133. The quantitative estimate of drug-likeness (QED) is 0.666. The molecule has 0 spiro atoms. The van der Waals surface area contributed by atoms with E-state index in [4.69, 9.17) is 9.47 Å². The molecule has 1 heterocycles. The van der Waals surface area contributed by atoms with Crippen molar-refractivity contribution in [3.05, 3.63) is 24.5 Å². The third-order valence-electron chi connectivity index (χ3n) is 2.40. The maximum Gasteiger partial charge on any atom is 0.408 e. The van der Waals surface area contributed by atoms with Crippen molar-refractivity contribution >= 4 is 23.1 Å². The minimum atomic E-state index is -0.665. The second-order valence-electron chi connectivity index (χ2n) is 5.41. The Hall–Kier alpha value is -2.57. The third-order valence-corrected chi connectivity index (χ3v) is 2.40. The van der Waals surface area contributed by atoms with Gasteiger partial charge in [-0.25, -0.2) is 14.6 Å². The Kier molecular flexibility index (Phi) is 4.11. The molecule has 21 heavy (non-hydrogen) atoms. The van der Waals surface area contributed by atoms with Crippen LogP contribution in [-0.4, -0.2) is 34.2 Å². The van der Waals surface area contributed by atoms with Crippen LogP contribution in [0.1, 0.15) is 20.8 Å². The first-order valence-electron chi connectivity index (χ1n) is 6.44. The number of aromatic amines is 1. The molecule has 0 atom stereocenters. The van der Waals surface area contributed by atoms with E-state index in [9.17, 15) is 9.59 Å². The molecule has 1 aromatic heterocycles. The summed E-state index contributed by atoms with van der Waals surface area (Å²) in [6.07, 6.45) is 0.891. The second kappa shape index (κ2) is 5.82. The Labute approximate surface area is 121 Å². The minimum absolute atomic E-state index is 0.270. The van der Waals surface area contributed by atoms with E-state index >= 15 is 0 Å². The zero-order valence-electron chi connectivity index (χ0n) is 12.1. The van der Waals surface area contributed by atoms with Gasteiger partial charge in [0.15, 0.2) is 0 Å². The van der Waals surface area contributed by atoms with Crippen molar-refractivity contribution in [1.82, 2.24) is 15.3 Å². The van der Waals surface area contributed by atoms with E-state index < -0.39 is 17.7 Å². The van der Waals surface area contributed by atoms with Gasteiger partial charge in [0.05, 0.1) is 17.4 Å². The molecule has 0 radical (unpaired) electrons. The van der Waals surface area contributed by atoms with Gasteiger partial charge in [0, 0.05) is 6.07 Å². The van der Waals surface area contributed by atoms with E-state index in [1.165, 1.54) is 0 Å². The predicted molar refractivity (Wildman–Crippen MR) is 76.0 cm³/mol. The molecule has 112 valence electrons. The molecule has 2 N–H and O–H groups in total. The van der Waals surface area contributed by atoms with Gasteiger partial charge in [-0.05, 0) is 32.9 Å². The van der Waals surface area contributed by atoms with Gasteiger partial charge < -0.3 is 19.8 Å². The van der Waals surface area contributed by atoms with Crippen molar-refractivity contribution in [2.75, 3.05) is 6.54 Å². The molecular formula is C14H17N3O4. The number of nitrogens with one attached hydrogen (secondary N) is 2. The van der Waals surface area contributed by atoms with E-state index in [-0.39, 0.29) is 6.54 Å². The van der Waals surface area contributed by atoms with Gasteiger partial charge in [-0.3, -0.25) is 0 Å². The van der Waals surface area contributed by atoms with Crippen molar-refractivity contribution < 1.29 is 19.1 Å². The lowest BCUT2D eigenvalue weighted by atomic mass is 10.2. The molecular weight excluding hydrogens is 274 g/mol. The molecule has 7 nitrogen and oxygen atoms in total. The molecule has 0 aliphatic rings. The van der Waals surface area contributed by atoms with Gasteiger partial charge in [0.2, 0.25) is 0 Å². The first-order chi connectivity index (χ1) is 9.83. The molecule has 0 aliphatic heterocycles. The topological polar surface area (TPSA) is 93.3 Å². The number of amides is 1. The molecule has 1 aromatic carbocycles. The van der Waals surface area contributed by atoms with Crippen LogP contribution < -0.4 is 10.1 Å². The smallest absolute Gasteiger partial charge is 0.408 e. The molecule has 2 rings (SSSR count). The summed E-state index contributed by atoms with van der Waals surface area (Å²) in [5.74, 6) is -0.221. The molecule has 7 heteroatoms. The number of carbonyl (C=O) groups excluding carboxylic acids is 2. The second-order valence-corrected chi connectivity index (χ2v) is 5.41. The molecule has 0 saturated heterocycles. The summed E-state index contributed by atoms with van der Waals surface area (Å²) in [6.45, 7) is 4.95. The first-order valence-corrected chi connectivity index (χ1v) is 6.44. The van der Waals surface area contributed by atoms with E-state index in [1.54, 1.807) is 45.3 Å². The average Bonchev–Trinajstić information content (AvgIpc) is 2.81. The van der Waals surface area contributed by atoms with Gasteiger partial charge in [0.25, 0.3) is 0 Å². The highest BCUT2D eigenvalue weighted by Crippen LogP contribution is 2.17. The predicted octanol–water partition coefficient (Wildman–Crippen LogP) is 1.99. The Morgan fingerprint density at radius 3 is 2.81 bits per heavy atom. The fraction of sp³-hybridized carbons (Fsp3) is 0.357. The van der Waals surface area contributed by atoms with Crippen LogP contribution in [0.3, 0.4) is 0 Å². The van der Waals surface area contributed by atoms with Crippen LogP contribution in [0.5, 0.6) is 5.75 Å². The average molecular weight is 291 g/mol. The molecule has 0 aliphatic carbocycles. The number of H-pyrrole nitrogens is 1. The maximum atomic E-state index is 11.6. The Morgan fingerprint density at radius 2 is 2.10 bits per heavy atom. The number of hydrogen-bond donors (Lipinski definition) is 2. The summed E-state index contributed by atoms with van der Waals surface area (Å²) >= 11 is 0. The number of aromatic nitrogens is 2. The fourth-order valence-electron chi connectivity index (χ4n) is 1.60. The number of alkyl carbamates (subject to hydrolysis) is 1. The monoisotopic (exact) mass is 291 g/mol. The third kappa shape index (κ3) is 4.48. The number of carbonyl (C=O) groups is 2. The maximum absolute atomic E-state index is 11.6. The molecule has 1 amide bonds. The fourth-order valence-corrected chi connectivity index (χ4v) is 1.60. The molecule has 2 aromatic rings. The van der Waals surface area contributed by atoms with E-state index in [2.05, 4.69) is 15.3 Å². The summed E-state index contributed by atoms with van der Waals surface area (Å²) < 4.78 is 10.1. The largest absolute Gasteiger partial charge is 0.444 e. The lowest BCUT2D eigenvalue weighted by Gasteiger charge is -2.19. The normalized spacial score (nSPS) is 11.2. The van der Waals surface area contributed by atoms with E-state index in [0.29, 0.717) is 11.3 Å². The first kappa shape index (κ1) is 14.8. The standard InChI is InChI=1S/C14H17N3O4/c1-14(2,3)21-13(19)15-7-12(18)20-9-4-5-10-11(6-9)17-8-16-10/h4-6,8H,7H2,1-3H3,(H,15,19)(H,16,17). The van der Waals surface area contributed by atoms with Gasteiger partial charge in [-0.2, -0.15) is 0 Å². The molecule has 0 unspecified atom stereocenters. The minimum Gasteiger partial charge on any atom is -0.444 e. The van der Waals surface area contributed by atoms with Crippen LogP contribution in [0.2, 0.25) is 0 Å². The summed E-state index contributed by atoms with van der Waals surface area (Å²) in [5.41, 5.74) is 0.931. The van der Waals surface area contributed by atoms with Crippen LogP contribution in [0.4, 0.5) is 4.79 Å². The molecule has 0 fully saturated rings. The van der Waals surface area contributed by atoms with Crippen LogP contribution in [0.25, 0.3) is 11.0 Å². The van der Waals surface area contributed by atoms with Gasteiger partial charge in [-0.15, -0.1) is 0 Å². The van der Waals surface area contributed by atoms with E-state index in [1.807, 2.05) is 0 Å². The Balaban J connectivity index is 1.85. The number of esters is 1. The SMILES string of the molecule is CC(C)(C)OC(=O)NCC(=O)Oc1ccc2[nH]cnc2c1. The van der Waals surface area contributed by atoms with Crippen molar-refractivity contribution in [3.8, 4) is 5.75 Å². The summed E-state index contributed by atoms with van der Waals surface area (Å²) in [7, 11) is 0. The number of fused-ring (bicyclic) bond motifs is 1. The van der Waals surface area contributed by atoms with E-state index in [0.717, 1.165) is 5.52 Å². The zero-order valence-corrected chi connectivity index (χ0v) is 12.1. The summed E-state index contributed by atoms with van der Waals surface area (Å²) in [4.78, 5) is 30.0. The van der Waals surface area contributed by atoms with Gasteiger partial charge in [0.1, 0.15) is 17.9 Å². The highest BCUT2D eigenvalue weighted by molar-refractivity contribution is 5.81. The van der Waals surface area contributed by atoms with Crippen LogP contribution in [0, 0.1) is 0 Å². The van der Waals surface area contributed by atoms with Gasteiger partial charge >= 0.3 is 12.1 Å². The Bertz CT molecular complexity index is 658. The number of hydrogen-bond acceptors (Lipinski definition) is 5. The van der Waals surface area contributed by atoms with Crippen molar-refractivity contribution in [1.29, 1.82) is 0 Å². The number of ether oxygens (including phenoxy) is 2. The lowest BCUT2D eigenvalue weighted by Crippen LogP contribution is -2.36. The number of rotatable bonds is 3. The van der Waals surface area contributed by atoms with Crippen molar-refractivity contribution in [3.63, 3.8) is 0 Å². The molecule has 0 saturated carbocycles. The van der Waals surface area contributed by atoms with Crippen molar-refractivity contribution in [2.24, 2.45) is 0 Å². The number of nitrogens with zero attached hydrogens (tertiary/aromatic N) is 1. The summed E-state index contributed by atoms with van der Waals surface area (Å²) in [5, 5.41) is 2.33. The highest BCUT2D eigenvalue weighted by atomic mass is 16.6. The van der Waals surface area contributed by atoms with Crippen LogP contribution >= 0.6 is 0 Å². The highest BCUT2D eigenvalue weighted by Gasteiger charge is 2.17. The van der Waals surface area contributed by atoms with Crippen molar-refractivity contribution in [2.45, 2.75) is 26.4 Å². The number of imidazole rings is 1. The van der Waals surface area contributed by atoms with Gasteiger partial charge in [-0.1, -0.05) is 0 Å². The van der Waals surface area contributed by atoms with Crippen LogP contribution in [-0.2, 0) is 9.53 Å². The Morgan fingerprint density at radius 1 is 1.33 bits per heavy atom. The zero-order chi connectivity index (χ0) is 15.5.